The van der Waals surface area contributed by atoms with Gasteiger partial charge in [0, 0.05) is 17.7 Å². The molecule has 1 unspecified atom stereocenters. The summed E-state index contributed by atoms with van der Waals surface area (Å²) in [7, 11) is 0. The van der Waals surface area contributed by atoms with Crippen molar-refractivity contribution in [3.63, 3.8) is 0 Å². The van der Waals surface area contributed by atoms with Crippen molar-refractivity contribution < 1.29 is 13.9 Å². The zero-order valence-electron chi connectivity index (χ0n) is 11.6. The van der Waals surface area contributed by atoms with E-state index in [4.69, 9.17) is 15.2 Å². The van der Waals surface area contributed by atoms with Crippen molar-refractivity contribution in [2.45, 2.75) is 25.3 Å². The number of rotatable bonds is 4. The second kappa shape index (κ2) is 5.97. The van der Waals surface area contributed by atoms with Gasteiger partial charge >= 0.3 is 0 Å². The van der Waals surface area contributed by atoms with Crippen LogP contribution in [0, 0.1) is 5.82 Å². The molecule has 110 valence electrons. The molecule has 20 heavy (non-hydrogen) atoms. The molecular formula is C15H21FN2O2. The number of halogens is 1. The van der Waals surface area contributed by atoms with Crippen LogP contribution in [0.2, 0.25) is 0 Å². The van der Waals surface area contributed by atoms with Gasteiger partial charge in [-0.1, -0.05) is 0 Å². The standard InChI is InChI=1S/C15H21FN2O2/c16-12-10-15-14(19-7-8-20-15)9-11(12)13(3-4-17)18-5-1-2-6-18/h9-10,13H,1-8,17H2. The summed E-state index contributed by atoms with van der Waals surface area (Å²) < 4.78 is 25.4. The van der Waals surface area contributed by atoms with Crippen molar-refractivity contribution in [3.8, 4) is 11.5 Å². The average Bonchev–Trinajstić information content (AvgIpc) is 2.98. The molecule has 4 nitrogen and oxygen atoms in total. The summed E-state index contributed by atoms with van der Waals surface area (Å²) >= 11 is 0. The topological polar surface area (TPSA) is 47.7 Å². The van der Waals surface area contributed by atoms with Gasteiger partial charge in [-0.2, -0.15) is 0 Å². The molecule has 0 saturated carbocycles. The minimum Gasteiger partial charge on any atom is -0.486 e. The first-order chi connectivity index (χ1) is 9.79. The van der Waals surface area contributed by atoms with E-state index in [1.54, 1.807) is 6.07 Å². The maximum absolute atomic E-state index is 14.4. The first-order valence-corrected chi connectivity index (χ1v) is 7.33. The lowest BCUT2D eigenvalue weighted by Crippen LogP contribution is -2.28. The number of nitrogens with two attached hydrogens (primary N) is 1. The SMILES string of the molecule is NCCC(c1cc2c(cc1F)OCCO2)N1CCCC1. The summed E-state index contributed by atoms with van der Waals surface area (Å²) in [5, 5.41) is 0. The molecule has 0 aromatic heterocycles. The minimum atomic E-state index is -0.223. The van der Waals surface area contributed by atoms with Gasteiger partial charge in [0.1, 0.15) is 19.0 Å². The van der Waals surface area contributed by atoms with E-state index < -0.39 is 0 Å². The Morgan fingerprint density at radius 1 is 1.15 bits per heavy atom. The third kappa shape index (κ3) is 2.60. The predicted octanol–water partition coefficient (Wildman–Crippen LogP) is 2.08. The first kappa shape index (κ1) is 13.6. The predicted molar refractivity (Wildman–Crippen MR) is 74.6 cm³/mol. The highest BCUT2D eigenvalue weighted by atomic mass is 19.1. The van der Waals surface area contributed by atoms with Crippen LogP contribution in [0.15, 0.2) is 12.1 Å². The first-order valence-electron chi connectivity index (χ1n) is 7.33. The number of ether oxygens (including phenoxy) is 2. The fraction of sp³-hybridized carbons (Fsp3) is 0.600. The van der Waals surface area contributed by atoms with Crippen LogP contribution in [-0.2, 0) is 0 Å². The van der Waals surface area contributed by atoms with E-state index in [0.29, 0.717) is 36.8 Å². The third-order valence-electron chi connectivity index (χ3n) is 4.04. The maximum atomic E-state index is 14.4. The molecule has 0 amide bonds. The molecule has 0 aliphatic carbocycles. The van der Waals surface area contributed by atoms with E-state index in [9.17, 15) is 4.39 Å². The summed E-state index contributed by atoms with van der Waals surface area (Å²) in [6.45, 7) is 3.57. The molecule has 2 aliphatic heterocycles. The molecule has 0 bridgehead atoms. The molecule has 2 N–H and O–H groups in total. The van der Waals surface area contributed by atoms with E-state index in [1.807, 2.05) is 0 Å². The Balaban J connectivity index is 1.92. The van der Waals surface area contributed by atoms with E-state index in [2.05, 4.69) is 4.90 Å². The van der Waals surface area contributed by atoms with Crippen molar-refractivity contribution >= 4 is 0 Å². The Hall–Kier alpha value is -1.33. The molecule has 1 aromatic carbocycles. The Labute approximate surface area is 118 Å². The van der Waals surface area contributed by atoms with Gasteiger partial charge in [-0.05, 0) is 45.0 Å². The maximum Gasteiger partial charge on any atom is 0.164 e. The van der Waals surface area contributed by atoms with Crippen LogP contribution in [0.1, 0.15) is 30.9 Å². The van der Waals surface area contributed by atoms with Crippen molar-refractivity contribution in [3.05, 3.63) is 23.5 Å². The largest absolute Gasteiger partial charge is 0.486 e. The molecular weight excluding hydrogens is 259 g/mol. The second-order valence-corrected chi connectivity index (χ2v) is 5.35. The summed E-state index contributed by atoms with van der Waals surface area (Å²) in [5.41, 5.74) is 6.40. The van der Waals surface area contributed by atoms with Gasteiger partial charge in [-0.15, -0.1) is 0 Å². The number of hydrogen-bond acceptors (Lipinski definition) is 4. The van der Waals surface area contributed by atoms with Gasteiger partial charge in [-0.25, -0.2) is 4.39 Å². The number of benzene rings is 1. The number of hydrogen-bond donors (Lipinski definition) is 1. The molecule has 2 aliphatic rings. The molecule has 1 aromatic rings. The zero-order chi connectivity index (χ0) is 13.9. The lowest BCUT2D eigenvalue weighted by Gasteiger charge is -2.29. The lowest BCUT2D eigenvalue weighted by molar-refractivity contribution is 0.168. The summed E-state index contributed by atoms with van der Waals surface area (Å²) in [5.74, 6) is 0.930. The number of likely N-dealkylation sites (tertiary alicyclic amines) is 1. The van der Waals surface area contributed by atoms with Crippen molar-refractivity contribution in [2.24, 2.45) is 5.73 Å². The van der Waals surface area contributed by atoms with Crippen LogP contribution in [0.25, 0.3) is 0 Å². The van der Waals surface area contributed by atoms with Crippen LogP contribution in [0.5, 0.6) is 11.5 Å². The normalized spacial score (nSPS) is 20.1. The Kier molecular flexibility index (Phi) is 4.08. The fourth-order valence-electron chi connectivity index (χ4n) is 3.08. The molecule has 1 saturated heterocycles. The van der Waals surface area contributed by atoms with Crippen LogP contribution in [0.4, 0.5) is 4.39 Å². The van der Waals surface area contributed by atoms with Gasteiger partial charge < -0.3 is 15.2 Å². The summed E-state index contributed by atoms with van der Waals surface area (Å²) in [6, 6.07) is 3.28. The van der Waals surface area contributed by atoms with Gasteiger partial charge in [0.2, 0.25) is 0 Å². The van der Waals surface area contributed by atoms with E-state index >= 15 is 0 Å². The van der Waals surface area contributed by atoms with Crippen LogP contribution < -0.4 is 15.2 Å². The van der Waals surface area contributed by atoms with Gasteiger partial charge in [0.15, 0.2) is 11.5 Å². The van der Waals surface area contributed by atoms with E-state index in [1.165, 1.54) is 18.9 Å². The monoisotopic (exact) mass is 280 g/mol. The highest BCUT2D eigenvalue weighted by molar-refractivity contribution is 5.45. The Morgan fingerprint density at radius 3 is 2.45 bits per heavy atom. The molecule has 1 fully saturated rings. The molecule has 2 heterocycles. The molecule has 5 heteroatoms. The van der Waals surface area contributed by atoms with Crippen LogP contribution >= 0.6 is 0 Å². The quantitative estimate of drug-likeness (QED) is 0.917. The zero-order valence-corrected chi connectivity index (χ0v) is 11.6. The molecule has 1 atom stereocenters. The average molecular weight is 280 g/mol. The van der Waals surface area contributed by atoms with E-state index in [0.717, 1.165) is 19.5 Å². The summed E-state index contributed by atoms with van der Waals surface area (Å²) in [4.78, 5) is 2.32. The Morgan fingerprint density at radius 2 is 1.80 bits per heavy atom. The fourth-order valence-corrected chi connectivity index (χ4v) is 3.08. The van der Waals surface area contributed by atoms with Gasteiger partial charge in [-0.3, -0.25) is 4.90 Å². The summed E-state index contributed by atoms with van der Waals surface area (Å²) in [6.07, 6.45) is 3.11. The van der Waals surface area contributed by atoms with Gasteiger partial charge in [0.25, 0.3) is 0 Å². The smallest absolute Gasteiger partial charge is 0.164 e. The molecule has 0 radical (unpaired) electrons. The highest BCUT2D eigenvalue weighted by Crippen LogP contribution is 2.38. The highest BCUT2D eigenvalue weighted by Gasteiger charge is 2.27. The van der Waals surface area contributed by atoms with Gasteiger partial charge in [0.05, 0.1) is 0 Å². The number of nitrogens with zero attached hydrogens (tertiary/aromatic N) is 1. The lowest BCUT2D eigenvalue weighted by atomic mass is 10.0. The minimum absolute atomic E-state index is 0.0401. The van der Waals surface area contributed by atoms with Crippen LogP contribution in [0.3, 0.4) is 0 Å². The second-order valence-electron chi connectivity index (χ2n) is 5.35. The third-order valence-corrected chi connectivity index (χ3v) is 4.04. The molecule has 0 spiro atoms. The Bertz CT molecular complexity index is 475. The molecule has 3 rings (SSSR count). The van der Waals surface area contributed by atoms with Crippen molar-refractivity contribution in [1.29, 1.82) is 0 Å². The van der Waals surface area contributed by atoms with E-state index in [-0.39, 0.29) is 11.9 Å². The van der Waals surface area contributed by atoms with Crippen molar-refractivity contribution in [2.75, 3.05) is 32.8 Å². The number of fused-ring (bicyclic) bond motifs is 1. The van der Waals surface area contributed by atoms with Crippen molar-refractivity contribution in [1.82, 2.24) is 4.90 Å². The van der Waals surface area contributed by atoms with Crippen LogP contribution in [-0.4, -0.2) is 37.7 Å².